The van der Waals surface area contributed by atoms with Crippen LogP contribution in [0.15, 0.2) is 6.20 Å². The normalized spacial score (nSPS) is 17.0. The van der Waals surface area contributed by atoms with Gasteiger partial charge in [-0.25, -0.2) is 9.97 Å². The molecule has 0 saturated carbocycles. The molecule has 1 aliphatic heterocycles. The maximum absolute atomic E-state index is 6.02. The fourth-order valence-electron chi connectivity index (χ4n) is 2.05. The number of rotatable bonds is 3. The molecule has 2 heterocycles. The summed E-state index contributed by atoms with van der Waals surface area (Å²) in [5.74, 6) is 1.61. The molecule has 0 atom stereocenters. The zero-order chi connectivity index (χ0) is 13.0. The standard InChI is InChI=1S/C13H20ClN3O/c1-10(2)13-15-9-12(11(8-14)16-13)17-4-3-6-18-7-5-17/h9-10H,3-8H2,1-2H3. The number of aromatic nitrogens is 2. The number of hydrogen-bond donors (Lipinski definition) is 0. The summed E-state index contributed by atoms with van der Waals surface area (Å²) in [5, 5.41) is 0. The number of alkyl halides is 1. The van der Waals surface area contributed by atoms with E-state index in [1.165, 1.54) is 0 Å². The summed E-state index contributed by atoms with van der Waals surface area (Å²) < 4.78 is 5.47. The van der Waals surface area contributed by atoms with Crippen LogP contribution < -0.4 is 4.90 Å². The molecular weight excluding hydrogens is 250 g/mol. The number of nitrogens with zero attached hydrogens (tertiary/aromatic N) is 3. The lowest BCUT2D eigenvalue weighted by molar-refractivity contribution is 0.152. The highest BCUT2D eigenvalue weighted by molar-refractivity contribution is 6.17. The number of hydrogen-bond acceptors (Lipinski definition) is 4. The number of anilines is 1. The SMILES string of the molecule is CC(C)c1ncc(N2CCCOCC2)c(CCl)n1. The predicted molar refractivity (Wildman–Crippen MR) is 73.3 cm³/mol. The molecule has 1 aromatic heterocycles. The van der Waals surface area contributed by atoms with Crippen LogP contribution in [0.2, 0.25) is 0 Å². The lowest BCUT2D eigenvalue weighted by Gasteiger charge is -2.23. The lowest BCUT2D eigenvalue weighted by Crippen LogP contribution is -2.27. The fourth-order valence-corrected chi connectivity index (χ4v) is 2.25. The maximum atomic E-state index is 6.02. The molecule has 0 amide bonds. The largest absolute Gasteiger partial charge is 0.380 e. The Bertz CT molecular complexity index is 390. The molecule has 1 aliphatic rings. The van der Waals surface area contributed by atoms with Crippen LogP contribution in [0.1, 0.15) is 37.7 Å². The molecule has 0 spiro atoms. The van der Waals surface area contributed by atoms with Crippen molar-refractivity contribution in [1.29, 1.82) is 0 Å². The summed E-state index contributed by atoms with van der Waals surface area (Å²) in [5.41, 5.74) is 1.98. The van der Waals surface area contributed by atoms with E-state index in [4.69, 9.17) is 16.3 Å². The van der Waals surface area contributed by atoms with E-state index in [0.29, 0.717) is 11.8 Å². The predicted octanol–water partition coefficient (Wildman–Crippen LogP) is 2.57. The van der Waals surface area contributed by atoms with Gasteiger partial charge in [0, 0.05) is 25.6 Å². The smallest absolute Gasteiger partial charge is 0.131 e. The van der Waals surface area contributed by atoms with Crippen LogP contribution in [0.25, 0.3) is 0 Å². The quantitative estimate of drug-likeness (QED) is 0.791. The van der Waals surface area contributed by atoms with Crippen LogP contribution in [0.3, 0.4) is 0 Å². The Balaban J connectivity index is 2.25. The summed E-state index contributed by atoms with van der Waals surface area (Å²) in [6, 6.07) is 0. The molecule has 0 aromatic carbocycles. The van der Waals surface area contributed by atoms with Gasteiger partial charge in [0.1, 0.15) is 5.82 Å². The first kappa shape index (κ1) is 13.6. The van der Waals surface area contributed by atoms with Crippen LogP contribution in [0.4, 0.5) is 5.69 Å². The van der Waals surface area contributed by atoms with Crippen molar-refractivity contribution in [2.45, 2.75) is 32.1 Å². The Kier molecular flexibility index (Phi) is 4.78. The van der Waals surface area contributed by atoms with Crippen molar-refractivity contribution in [3.63, 3.8) is 0 Å². The summed E-state index contributed by atoms with van der Waals surface area (Å²) in [6.45, 7) is 7.63. The average Bonchev–Trinajstić information content (AvgIpc) is 2.66. The average molecular weight is 270 g/mol. The third-order valence-corrected chi connectivity index (χ3v) is 3.32. The molecule has 5 heteroatoms. The highest BCUT2D eigenvalue weighted by Gasteiger charge is 2.16. The second kappa shape index (κ2) is 6.34. The Morgan fingerprint density at radius 1 is 1.39 bits per heavy atom. The van der Waals surface area contributed by atoms with Crippen molar-refractivity contribution in [3.8, 4) is 0 Å². The zero-order valence-corrected chi connectivity index (χ0v) is 11.8. The van der Waals surface area contributed by atoms with E-state index >= 15 is 0 Å². The molecular formula is C13H20ClN3O. The van der Waals surface area contributed by atoms with E-state index in [-0.39, 0.29) is 0 Å². The lowest BCUT2D eigenvalue weighted by atomic mass is 10.2. The molecule has 0 bridgehead atoms. The summed E-state index contributed by atoms with van der Waals surface area (Å²) in [4.78, 5) is 11.3. The molecule has 0 unspecified atom stereocenters. The van der Waals surface area contributed by atoms with Crippen LogP contribution in [0.5, 0.6) is 0 Å². The molecule has 1 aromatic rings. The van der Waals surface area contributed by atoms with Crippen LogP contribution in [-0.2, 0) is 10.6 Å². The Labute approximate surface area is 113 Å². The fraction of sp³-hybridized carbons (Fsp3) is 0.692. The van der Waals surface area contributed by atoms with Gasteiger partial charge in [0.05, 0.1) is 30.1 Å². The second-order valence-corrected chi connectivity index (χ2v) is 5.07. The molecule has 100 valence electrons. The van der Waals surface area contributed by atoms with Crippen molar-refractivity contribution in [1.82, 2.24) is 9.97 Å². The minimum atomic E-state index is 0.327. The van der Waals surface area contributed by atoms with Crippen molar-refractivity contribution < 1.29 is 4.74 Å². The van der Waals surface area contributed by atoms with Crippen molar-refractivity contribution >= 4 is 17.3 Å². The summed E-state index contributed by atoms with van der Waals surface area (Å²) in [6.07, 6.45) is 2.94. The van der Waals surface area contributed by atoms with Crippen LogP contribution >= 0.6 is 11.6 Å². The molecule has 4 nitrogen and oxygen atoms in total. The van der Waals surface area contributed by atoms with E-state index < -0.39 is 0 Å². The molecule has 1 saturated heterocycles. The van der Waals surface area contributed by atoms with Crippen molar-refractivity contribution in [3.05, 3.63) is 17.7 Å². The zero-order valence-electron chi connectivity index (χ0n) is 11.0. The summed E-state index contributed by atoms with van der Waals surface area (Å²) >= 11 is 6.02. The van der Waals surface area contributed by atoms with Crippen LogP contribution in [0, 0.1) is 0 Å². The first-order valence-electron chi connectivity index (χ1n) is 6.47. The van der Waals surface area contributed by atoms with E-state index in [0.717, 1.165) is 49.9 Å². The van der Waals surface area contributed by atoms with Gasteiger partial charge in [-0.3, -0.25) is 0 Å². The monoisotopic (exact) mass is 269 g/mol. The van der Waals surface area contributed by atoms with E-state index in [1.54, 1.807) is 0 Å². The van der Waals surface area contributed by atoms with Gasteiger partial charge in [-0.2, -0.15) is 0 Å². The number of halogens is 1. The van der Waals surface area contributed by atoms with Gasteiger partial charge in [0.15, 0.2) is 0 Å². The van der Waals surface area contributed by atoms with E-state index in [9.17, 15) is 0 Å². The van der Waals surface area contributed by atoms with Gasteiger partial charge in [-0.15, -0.1) is 11.6 Å². The topological polar surface area (TPSA) is 38.2 Å². The third kappa shape index (κ3) is 3.12. The first-order chi connectivity index (χ1) is 8.72. The maximum Gasteiger partial charge on any atom is 0.131 e. The van der Waals surface area contributed by atoms with Gasteiger partial charge >= 0.3 is 0 Å². The first-order valence-corrected chi connectivity index (χ1v) is 7.00. The van der Waals surface area contributed by atoms with Gasteiger partial charge in [0.25, 0.3) is 0 Å². The molecule has 0 aliphatic carbocycles. The summed E-state index contributed by atoms with van der Waals surface area (Å²) in [7, 11) is 0. The highest BCUT2D eigenvalue weighted by atomic mass is 35.5. The Morgan fingerprint density at radius 2 is 2.22 bits per heavy atom. The van der Waals surface area contributed by atoms with E-state index in [2.05, 4.69) is 28.7 Å². The molecule has 18 heavy (non-hydrogen) atoms. The van der Waals surface area contributed by atoms with E-state index in [1.807, 2.05) is 6.20 Å². The third-order valence-electron chi connectivity index (χ3n) is 3.07. The minimum Gasteiger partial charge on any atom is -0.380 e. The second-order valence-electron chi connectivity index (χ2n) is 4.80. The Hall–Kier alpha value is -0.870. The van der Waals surface area contributed by atoms with Gasteiger partial charge in [-0.1, -0.05) is 13.8 Å². The molecule has 1 fully saturated rings. The van der Waals surface area contributed by atoms with Gasteiger partial charge < -0.3 is 9.64 Å². The van der Waals surface area contributed by atoms with Crippen LogP contribution in [-0.4, -0.2) is 36.3 Å². The minimum absolute atomic E-state index is 0.327. The number of ether oxygens (including phenoxy) is 1. The molecule has 2 rings (SSSR count). The van der Waals surface area contributed by atoms with Crippen molar-refractivity contribution in [2.24, 2.45) is 0 Å². The highest BCUT2D eigenvalue weighted by Crippen LogP contribution is 2.22. The molecule has 0 radical (unpaired) electrons. The molecule has 0 N–H and O–H groups in total. The van der Waals surface area contributed by atoms with Crippen molar-refractivity contribution in [2.75, 3.05) is 31.2 Å². The Morgan fingerprint density at radius 3 is 2.94 bits per heavy atom. The van der Waals surface area contributed by atoms with Gasteiger partial charge in [-0.05, 0) is 6.42 Å². The van der Waals surface area contributed by atoms with Gasteiger partial charge in [0.2, 0.25) is 0 Å².